The lowest BCUT2D eigenvalue weighted by atomic mass is 10.1. The van der Waals surface area contributed by atoms with Gasteiger partial charge in [0.1, 0.15) is 18.1 Å². The average molecular weight is 343 g/mol. The highest BCUT2D eigenvalue weighted by Crippen LogP contribution is 2.32. The minimum absolute atomic E-state index is 0.247. The number of hydrogen-bond acceptors (Lipinski definition) is 6. The minimum Gasteiger partial charge on any atom is -0.492 e. The monoisotopic (exact) mass is 343 g/mol. The van der Waals surface area contributed by atoms with Crippen LogP contribution >= 0.6 is 11.3 Å². The summed E-state index contributed by atoms with van der Waals surface area (Å²) >= 11 is 1.38. The molecule has 0 spiro atoms. The maximum Gasteiger partial charge on any atom is 0.275 e. The van der Waals surface area contributed by atoms with Crippen LogP contribution in [0.25, 0.3) is 11.3 Å². The summed E-state index contributed by atoms with van der Waals surface area (Å²) in [6.45, 7) is 0.836. The third kappa shape index (κ3) is 3.44. The lowest BCUT2D eigenvalue weighted by Gasteiger charge is -2.13. The van der Waals surface area contributed by atoms with Gasteiger partial charge in [0.2, 0.25) is 0 Å². The molecule has 0 aliphatic heterocycles. The predicted molar refractivity (Wildman–Crippen MR) is 93.3 cm³/mol. The molecule has 0 radical (unpaired) electrons. The summed E-state index contributed by atoms with van der Waals surface area (Å²) in [5.74, 6) is 0.443. The van der Waals surface area contributed by atoms with Crippen molar-refractivity contribution in [3.63, 3.8) is 0 Å². The largest absolute Gasteiger partial charge is 0.492 e. The lowest BCUT2D eigenvalue weighted by Crippen LogP contribution is -2.13. The van der Waals surface area contributed by atoms with Crippen molar-refractivity contribution >= 4 is 22.9 Å². The molecule has 3 N–H and O–H groups in total. The molecule has 3 aromatic rings. The van der Waals surface area contributed by atoms with Crippen LogP contribution in [-0.4, -0.2) is 33.8 Å². The number of thiazole rings is 1. The lowest BCUT2D eigenvalue weighted by molar-refractivity contribution is 0.102. The summed E-state index contributed by atoms with van der Waals surface area (Å²) in [4.78, 5) is 16.2. The molecule has 1 amide bonds. The molecule has 2 heterocycles. The maximum atomic E-state index is 12.2. The van der Waals surface area contributed by atoms with Crippen LogP contribution in [0.5, 0.6) is 5.75 Å². The van der Waals surface area contributed by atoms with Gasteiger partial charge in [-0.2, -0.15) is 5.10 Å². The van der Waals surface area contributed by atoms with Crippen LogP contribution in [0.4, 0.5) is 5.69 Å². The van der Waals surface area contributed by atoms with Gasteiger partial charge in [-0.15, -0.1) is 11.3 Å². The Balaban J connectivity index is 1.92. The Morgan fingerprint density at radius 3 is 2.96 bits per heavy atom. The zero-order valence-corrected chi connectivity index (χ0v) is 13.9. The Morgan fingerprint density at radius 2 is 2.29 bits per heavy atom. The van der Waals surface area contributed by atoms with E-state index in [9.17, 15) is 4.79 Å². The van der Waals surface area contributed by atoms with E-state index in [0.717, 1.165) is 11.3 Å². The van der Waals surface area contributed by atoms with Crippen LogP contribution < -0.4 is 15.8 Å². The van der Waals surface area contributed by atoms with Gasteiger partial charge >= 0.3 is 0 Å². The van der Waals surface area contributed by atoms with Crippen molar-refractivity contribution in [1.29, 1.82) is 0 Å². The summed E-state index contributed by atoms with van der Waals surface area (Å²) in [6.07, 6.45) is 1.71. The van der Waals surface area contributed by atoms with E-state index >= 15 is 0 Å². The Bertz CT molecular complexity index is 829. The molecule has 24 heavy (non-hydrogen) atoms. The van der Waals surface area contributed by atoms with Gasteiger partial charge < -0.3 is 15.8 Å². The molecule has 0 bridgehead atoms. The van der Waals surface area contributed by atoms with E-state index in [1.807, 2.05) is 25.2 Å². The first-order valence-corrected chi connectivity index (χ1v) is 8.28. The highest BCUT2D eigenvalue weighted by Gasteiger charge is 2.13. The number of carbonyl (C=O) groups is 1. The predicted octanol–water partition coefficient (Wildman–Crippen LogP) is 2.13. The third-order valence-electron chi connectivity index (χ3n) is 3.37. The van der Waals surface area contributed by atoms with Crippen molar-refractivity contribution < 1.29 is 9.53 Å². The van der Waals surface area contributed by atoms with Gasteiger partial charge in [0, 0.05) is 36.4 Å². The number of anilines is 1. The first-order valence-electron chi connectivity index (χ1n) is 7.34. The van der Waals surface area contributed by atoms with Crippen LogP contribution in [-0.2, 0) is 7.05 Å². The van der Waals surface area contributed by atoms with E-state index in [1.165, 1.54) is 11.3 Å². The number of hydrogen-bond donors (Lipinski definition) is 2. The highest BCUT2D eigenvalue weighted by molar-refractivity contribution is 7.07. The number of amides is 1. The molecule has 0 atom stereocenters. The number of nitrogens with two attached hydrogens (primary N) is 1. The first-order chi connectivity index (χ1) is 11.7. The van der Waals surface area contributed by atoms with E-state index in [1.54, 1.807) is 27.8 Å². The van der Waals surface area contributed by atoms with E-state index < -0.39 is 0 Å². The summed E-state index contributed by atoms with van der Waals surface area (Å²) in [5.41, 5.74) is 9.91. The number of ether oxygens (including phenoxy) is 1. The third-order valence-corrected chi connectivity index (χ3v) is 3.96. The molecule has 0 aliphatic carbocycles. The van der Waals surface area contributed by atoms with Crippen LogP contribution in [0.2, 0.25) is 0 Å². The molecule has 124 valence electrons. The molecule has 0 fully saturated rings. The number of nitrogens with zero attached hydrogens (tertiary/aromatic N) is 3. The summed E-state index contributed by atoms with van der Waals surface area (Å²) < 4.78 is 7.45. The number of rotatable bonds is 6. The molecular weight excluding hydrogens is 326 g/mol. The van der Waals surface area contributed by atoms with Crippen molar-refractivity contribution in [2.24, 2.45) is 12.8 Å². The van der Waals surface area contributed by atoms with Gasteiger partial charge in [-0.25, -0.2) is 4.98 Å². The second kappa shape index (κ2) is 7.24. The van der Waals surface area contributed by atoms with Gasteiger partial charge in [0.05, 0.1) is 11.2 Å². The van der Waals surface area contributed by atoms with Crippen molar-refractivity contribution in [2.45, 2.75) is 0 Å². The smallest absolute Gasteiger partial charge is 0.275 e. The van der Waals surface area contributed by atoms with E-state index in [-0.39, 0.29) is 5.91 Å². The molecule has 7 nitrogen and oxygen atoms in total. The minimum atomic E-state index is -0.247. The molecule has 0 saturated carbocycles. The zero-order chi connectivity index (χ0) is 16.9. The second-order valence-corrected chi connectivity index (χ2v) is 5.73. The van der Waals surface area contributed by atoms with Gasteiger partial charge in [-0.1, -0.05) is 0 Å². The molecule has 0 aliphatic rings. The van der Waals surface area contributed by atoms with E-state index in [4.69, 9.17) is 10.5 Å². The average Bonchev–Trinajstić information content (AvgIpc) is 3.25. The van der Waals surface area contributed by atoms with Crippen molar-refractivity contribution in [3.8, 4) is 17.0 Å². The Kier molecular flexibility index (Phi) is 4.88. The van der Waals surface area contributed by atoms with Gasteiger partial charge in [0.15, 0.2) is 0 Å². The van der Waals surface area contributed by atoms with E-state index in [0.29, 0.717) is 30.3 Å². The highest BCUT2D eigenvalue weighted by atomic mass is 32.1. The summed E-state index contributed by atoms with van der Waals surface area (Å²) in [5, 5.41) is 8.74. The zero-order valence-electron chi connectivity index (χ0n) is 13.1. The molecule has 0 unspecified atom stereocenters. The summed E-state index contributed by atoms with van der Waals surface area (Å²) in [7, 11) is 1.85. The van der Waals surface area contributed by atoms with Crippen LogP contribution in [0.3, 0.4) is 0 Å². The number of aryl methyl sites for hydroxylation is 1. The Labute approximate surface area is 143 Å². The molecular formula is C16H17N5O2S. The molecule has 3 rings (SSSR count). The quantitative estimate of drug-likeness (QED) is 0.715. The molecule has 2 aromatic heterocycles. The Morgan fingerprint density at radius 1 is 1.42 bits per heavy atom. The number of nitrogens with one attached hydrogen (secondary N) is 1. The number of carbonyl (C=O) groups excluding carboxylic acids is 1. The molecule has 1 aromatic carbocycles. The number of benzene rings is 1. The van der Waals surface area contributed by atoms with Crippen LogP contribution in [0.15, 0.2) is 41.4 Å². The van der Waals surface area contributed by atoms with Crippen molar-refractivity contribution in [1.82, 2.24) is 14.8 Å². The summed E-state index contributed by atoms with van der Waals surface area (Å²) in [6, 6.07) is 7.34. The van der Waals surface area contributed by atoms with Gasteiger partial charge in [-0.05, 0) is 24.3 Å². The van der Waals surface area contributed by atoms with Crippen LogP contribution in [0.1, 0.15) is 10.5 Å². The Hall–Kier alpha value is -2.71. The molecule has 0 saturated heterocycles. The molecule has 8 heteroatoms. The maximum absolute atomic E-state index is 12.2. The fraction of sp³-hybridized carbons (Fsp3) is 0.188. The topological polar surface area (TPSA) is 95.1 Å². The van der Waals surface area contributed by atoms with Gasteiger partial charge in [-0.3, -0.25) is 9.48 Å². The normalized spacial score (nSPS) is 10.6. The van der Waals surface area contributed by atoms with Crippen LogP contribution in [0, 0.1) is 0 Å². The second-order valence-electron chi connectivity index (χ2n) is 5.02. The van der Waals surface area contributed by atoms with E-state index in [2.05, 4.69) is 15.4 Å². The van der Waals surface area contributed by atoms with Gasteiger partial charge in [0.25, 0.3) is 5.91 Å². The fourth-order valence-electron chi connectivity index (χ4n) is 2.26. The van der Waals surface area contributed by atoms with Crippen molar-refractivity contribution in [2.75, 3.05) is 18.5 Å². The van der Waals surface area contributed by atoms with Crippen molar-refractivity contribution in [3.05, 3.63) is 47.0 Å². The fourth-order valence-corrected chi connectivity index (χ4v) is 2.79. The number of aromatic nitrogens is 3. The SMILES string of the molecule is Cn1nccc1-c1cc(NC(=O)c2cscn2)ccc1OCCN. The standard InChI is InChI=1S/C16H17N5O2S/c1-21-14(4-6-19-21)12-8-11(2-3-15(12)23-7-5-17)20-16(22)13-9-24-10-18-13/h2-4,6,8-10H,5,7,17H2,1H3,(H,20,22). The first kappa shape index (κ1) is 16.2.